The zero-order chi connectivity index (χ0) is 19.8. The van der Waals surface area contributed by atoms with Crippen LogP contribution in [0.3, 0.4) is 0 Å². The van der Waals surface area contributed by atoms with Crippen LogP contribution in [0.5, 0.6) is 17.2 Å². The maximum Gasteiger partial charge on any atom is 0.271 e. The van der Waals surface area contributed by atoms with Gasteiger partial charge in [0.2, 0.25) is 0 Å². The van der Waals surface area contributed by atoms with Gasteiger partial charge in [-0.2, -0.15) is 5.10 Å². The molecular weight excluding hydrogens is 351 g/mol. The molecule has 6 nitrogen and oxygen atoms in total. The van der Waals surface area contributed by atoms with Crippen molar-refractivity contribution >= 4 is 11.6 Å². The number of nitrogens with zero attached hydrogens (tertiary/aromatic N) is 1. The first kappa shape index (κ1) is 20.2. The highest BCUT2D eigenvalue weighted by Gasteiger charge is 2.11. The van der Waals surface area contributed by atoms with Crippen molar-refractivity contribution in [3.05, 3.63) is 53.3 Å². The Morgan fingerprint density at radius 1 is 1.04 bits per heavy atom. The van der Waals surface area contributed by atoms with E-state index >= 15 is 0 Å². The number of ether oxygens (including phenoxy) is 3. The third-order valence-corrected chi connectivity index (χ3v) is 3.78. The number of hydrogen-bond acceptors (Lipinski definition) is 5. The van der Waals surface area contributed by atoms with Crippen molar-refractivity contribution in [2.24, 2.45) is 5.10 Å². The molecule has 2 rings (SSSR count). The van der Waals surface area contributed by atoms with Gasteiger partial charge in [0.25, 0.3) is 5.91 Å². The normalized spacial score (nSPS) is 11.1. The quantitative estimate of drug-likeness (QED) is 0.564. The summed E-state index contributed by atoms with van der Waals surface area (Å²) in [6.07, 6.45) is 0.866. The Hall–Kier alpha value is -3.09. The van der Waals surface area contributed by atoms with Gasteiger partial charge in [0, 0.05) is 11.1 Å². The minimum atomic E-state index is -0.497. The van der Waals surface area contributed by atoms with Gasteiger partial charge in [0.1, 0.15) is 0 Å². The van der Waals surface area contributed by atoms with Crippen LogP contribution in [0.1, 0.15) is 36.2 Å². The second-order valence-corrected chi connectivity index (χ2v) is 5.70. The molecular formula is C20H23FN2O4. The van der Waals surface area contributed by atoms with E-state index in [9.17, 15) is 9.18 Å². The molecule has 0 unspecified atom stereocenters. The lowest BCUT2D eigenvalue weighted by molar-refractivity contribution is 0.0954. The van der Waals surface area contributed by atoms with Crippen molar-refractivity contribution in [1.29, 1.82) is 0 Å². The van der Waals surface area contributed by atoms with Gasteiger partial charge in [-0.3, -0.25) is 4.79 Å². The lowest BCUT2D eigenvalue weighted by Crippen LogP contribution is -2.19. The third-order valence-electron chi connectivity index (χ3n) is 3.78. The van der Waals surface area contributed by atoms with Gasteiger partial charge < -0.3 is 14.2 Å². The van der Waals surface area contributed by atoms with Crippen LogP contribution in [0, 0.1) is 5.82 Å². The summed E-state index contributed by atoms with van der Waals surface area (Å²) in [6, 6.07) is 9.35. The first-order valence-corrected chi connectivity index (χ1v) is 8.49. The smallest absolute Gasteiger partial charge is 0.271 e. The van der Waals surface area contributed by atoms with Gasteiger partial charge in [0.05, 0.1) is 26.5 Å². The summed E-state index contributed by atoms with van der Waals surface area (Å²) >= 11 is 0. The number of amides is 1. The molecule has 0 spiro atoms. The van der Waals surface area contributed by atoms with Crippen molar-refractivity contribution < 1.29 is 23.4 Å². The molecule has 0 aliphatic heterocycles. The van der Waals surface area contributed by atoms with Crippen LogP contribution in [0.15, 0.2) is 41.5 Å². The van der Waals surface area contributed by atoms with Crippen molar-refractivity contribution in [3.8, 4) is 17.2 Å². The standard InChI is InChI=1S/C20H23FN2O4/c1-5-10-27-18-9-7-15(12-19(18)26-4)20(24)23-22-13(2)14-6-8-17(25-3)16(21)11-14/h6-9,11-12H,5,10H2,1-4H3,(H,23,24)/b22-13-. The average molecular weight is 374 g/mol. The zero-order valence-corrected chi connectivity index (χ0v) is 15.8. The molecule has 0 bridgehead atoms. The fourth-order valence-electron chi connectivity index (χ4n) is 2.30. The van der Waals surface area contributed by atoms with E-state index in [1.54, 1.807) is 31.2 Å². The van der Waals surface area contributed by atoms with E-state index in [-0.39, 0.29) is 5.75 Å². The van der Waals surface area contributed by atoms with Crippen molar-refractivity contribution in [2.45, 2.75) is 20.3 Å². The molecule has 2 aromatic carbocycles. The summed E-state index contributed by atoms with van der Waals surface area (Å²) < 4.78 is 29.5. The minimum Gasteiger partial charge on any atom is -0.494 e. The van der Waals surface area contributed by atoms with Crippen molar-refractivity contribution in [2.75, 3.05) is 20.8 Å². The maximum absolute atomic E-state index is 13.8. The van der Waals surface area contributed by atoms with Crippen LogP contribution < -0.4 is 19.6 Å². The molecule has 7 heteroatoms. The number of nitrogens with one attached hydrogen (secondary N) is 1. The van der Waals surface area contributed by atoms with E-state index in [0.717, 1.165) is 6.42 Å². The molecule has 0 heterocycles. The first-order chi connectivity index (χ1) is 13.0. The number of rotatable bonds is 8. The van der Waals surface area contributed by atoms with Gasteiger partial charge in [-0.25, -0.2) is 9.82 Å². The Labute approximate surface area is 157 Å². The first-order valence-electron chi connectivity index (χ1n) is 8.49. The van der Waals surface area contributed by atoms with E-state index in [2.05, 4.69) is 10.5 Å². The predicted molar refractivity (Wildman–Crippen MR) is 101 cm³/mol. The summed E-state index contributed by atoms with van der Waals surface area (Å²) in [5.41, 5.74) is 3.82. The molecule has 2 aromatic rings. The highest BCUT2D eigenvalue weighted by molar-refractivity contribution is 6.01. The summed E-state index contributed by atoms with van der Waals surface area (Å²) in [5, 5.41) is 4.03. The SMILES string of the molecule is CCCOc1ccc(C(=O)N/N=C(/C)c2ccc(OC)c(F)c2)cc1OC. The largest absolute Gasteiger partial charge is 0.494 e. The lowest BCUT2D eigenvalue weighted by atomic mass is 10.1. The molecule has 0 fully saturated rings. The van der Waals surface area contributed by atoms with Crippen LogP contribution in [0.4, 0.5) is 4.39 Å². The lowest BCUT2D eigenvalue weighted by Gasteiger charge is -2.11. The molecule has 0 atom stereocenters. The summed E-state index contributed by atoms with van der Waals surface area (Å²) in [7, 11) is 2.91. The summed E-state index contributed by atoms with van der Waals surface area (Å²) in [6.45, 7) is 4.23. The van der Waals surface area contributed by atoms with Crippen LogP contribution in [0.2, 0.25) is 0 Å². The monoisotopic (exact) mass is 374 g/mol. The molecule has 0 aromatic heterocycles. The summed E-state index contributed by atoms with van der Waals surface area (Å²) in [5.74, 6) is 0.276. The molecule has 1 amide bonds. The Morgan fingerprint density at radius 2 is 1.70 bits per heavy atom. The van der Waals surface area contributed by atoms with Crippen LogP contribution in [0.25, 0.3) is 0 Å². The van der Waals surface area contributed by atoms with Gasteiger partial charge >= 0.3 is 0 Å². The molecule has 1 N–H and O–H groups in total. The molecule has 27 heavy (non-hydrogen) atoms. The fourth-order valence-corrected chi connectivity index (χ4v) is 2.30. The Balaban J connectivity index is 2.12. The molecule has 0 saturated heterocycles. The number of hydrogen-bond donors (Lipinski definition) is 1. The Morgan fingerprint density at radius 3 is 2.33 bits per heavy atom. The number of carbonyl (C=O) groups is 1. The van der Waals surface area contributed by atoms with E-state index < -0.39 is 11.7 Å². The van der Waals surface area contributed by atoms with E-state index in [1.807, 2.05) is 6.92 Å². The number of benzene rings is 2. The topological polar surface area (TPSA) is 69.2 Å². The Bertz CT molecular complexity index is 837. The number of halogens is 1. The molecule has 0 saturated carbocycles. The molecule has 144 valence electrons. The van der Waals surface area contributed by atoms with Gasteiger partial charge in [-0.15, -0.1) is 0 Å². The van der Waals surface area contributed by atoms with Gasteiger partial charge in [0.15, 0.2) is 23.1 Å². The Kier molecular flexibility index (Phi) is 7.16. The molecule has 0 radical (unpaired) electrons. The van der Waals surface area contributed by atoms with Gasteiger partial charge in [-0.05, 0) is 49.7 Å². The van der Waals surface area contributed by atoms with Crippen molar-refractivity contribution in [3.63, 3.8) is 0 Å². The average Bonchev–Trinajstić information content (AvgIpc) is 2.69. The minimum absolute atomic E-state index is 0.146. The van der Waals surface area contributed by atoms with Crippen LogP contribution in [-0.2, 0) is 0 Å². The summed E-state index contributed by atoms with van der Waals surface area (Å²) in [4.78, 5) is 12.3. The van der Waals surface area contributed by atoms with Crippen LogP contribution in [-0.4, -0.2) is 32.4 Å². The second kappa shape index (κ2) is 9.56. The highest BCUT2D eigenvalue weighted by Crippen LogP contribution is 2.28. The van der Waals surface area contributed by atoms with E-state index in [4.69, 9.17) is 14.2 Å². The van der Waals surface area contributed by atoms with E-state index in [1.165, 1.54) is 26.4 Å². The highest BCUT2D eigenvalue weighted by atomic mass is 19.1. The van der Waals surface area contributed by atoms with Crippen LogP contribution >= 0.6 is 0 Å². The molecule has 0 aliphatic rings. The number of carbonyl (C=O) groups excluding carboxylic acids is 1. The predicted octanol–water partition coefficient (Wildman–Crippen LogP) is 3.79. The number of methoxy groups -OCH3 is 2. The van der Waals surface area contributed by atoms with Gasteiger partial charge in [-0.1, -0.05) is 6.92 Å². The number of hydrazone groups is 1. The zero-order valence-electron chi connectivity index (χ0n) is 15.8. The third kappa shape index (κ3) is 5.20. The molecule has 0 aliphatic carbocycles. The maximum atomic E-state index is 13.8. The fraction of sp³-hybridized carbons (Fsp3) is 0.300. The van der Waals surface area contributed by atoms with E-state index in [0.29, 0.717) is 34.9 Å². The second-order valence-electron chi connectivity index (χ2n) is 5.70. The van der Waals surface area contributed by atoms with Crippen molar-refractivity contribution in [1.82, 2.24) is 5.43 Å².